The minimum atomic E-state index is 0.552. The zero-order valence-corrected chi connectivity index (χ0v) is 4.52. The van der Waals surface area contributed by atoms with E-state index in [-0.39, 0.29) is 0 Å². The van der Waals surface area contributed by atoms with Gasteiger partial charge in [0, 0.05) is 5.70 Å². The summed E-state index contributed by atoms with van der Waals surface area (Å²) in [6.07, 6.45) is 1.71. The summed E-state index contributed by atoms with van der Waals surface area (Å²) < 4.78 is 0. The van der Waals surface area contributed by atoms with E-state index in [1.807, 2.05) is 6.92 Å². The number of nitrogens with zero attached hydrogens (tertiary/aromatic N) is 1. The van der Waals surface area contributed by atoms with Gasteiger partial charge < -0.3 is 5.73 Å². The van der Waals surface area contributed by atoms with Crippen LogP contribution in [0, 0.1) is 0 Å². The molecular weight excluding hydrogens is 88.1 g/mol. The largest absolute Gasteiger partial charge is 0.401 e. The lowest BCUT2D eigenvalue weighted by Crippen LogP contribution is -1.97. The molecular formula is C5H10N2. The van der Waals surface area contributed by atoms with Crippen LogP contribution in [0.2, 0.25) is 0 Å². The number of hydrogen-bond acceptors (Lipinski definition) is 2. The molecule has 0 amide bonds. The number of nitrogens with two attached hydrogens (primary N) is 1. The van der Waals surface area contributed by atoms with Crippen LogP contribution in [0.25, 0.3) is 0 Å². The van der Waals surface area contributed by atoms with Gasteiger partial charge in [0.1, 0.15) is 0 Å². The van der Waals surface area contributed by atoms with Gasteiger partial charge >= 0.3 is 0 Å². The highest BCUT2D eigenvalue weighted by atomic mass is 14.7. The molecule has 0 saturated carbocycles. The Labute approximate surface area is 43.7 Å². The van der Waals surface area contributed by atoms with Gasteiger partial charge in [-0.15, -0.1) is 0 Å². The molecule has 2 nitrogen and oxygen atoms in total. The van der Waals surface area contributed by atoms with Crippen molar-refractivity contribution < 1.29 is 0 Å². The fourth-order valence-electron chi connectivity index (χ4n) is 0.209. The molecule has 0 radical (unpaired) electrons. The van der Waals surface area contributed by atoms with Crippen molar-refractivity contribution in [3.05, 3.63) is 12.3 Å². The molecule has 0 bridgehead atoms. The third-order valence-corrected chi connectivity index (χ3v) is 0.477. The molecule has 7 heavy (non-hydrogen) atoms. The van der Waals surface area contributed by atoms with Gasteiger partial charge in [0.15, 0.2) is 0 Å². The smallest absolute Gasteiger partial charge is 0.0774 e. The van der Waals surface area contributed by atoms with E-state index in [2.05, 4.69) is 11.6 Å². The van der Waals surface area contributed by atoms with Crippen LogP contribution < -0.4 is 5.73 Å². The summed E-state index contributed by atoms with van der Waals surface area (Å²) in [5.41, 5.74) is 5.78. The van der Waals surface area contributed by atoms with Crippen molar-refractivity contribution in [2.45, 2.75) is 6.92 Å². The molecule has 0 saturated heterocycles. The van der Waals surface area contributed by atoms with Gasteiger partial charge in [-0.1, -0.05) is 6.58 Å². The van der Waals surface area contributed by atoms with E-state index in [4.69, 9.17) is 5.73 Å². The summed E-state index contributed by atoms with van der Waals surface area (Å²) in [7, 11) is 0. The van der Waals surface area contributed by atoms with Crippen molar-refractivity contribution in [1.82, 2.24) is 0 Å². The molecule has 0 aromatic carbocycles. The van der Waals surface area contributed by atoms with E-state index in [0.29, 0.717) is 12.2 Å². The SMILES string of the molecule is C=C(N)CN=CC. The molecule has 40 valence electrons. The van der Waals surface area contributed by atoms with Crippen LogP contribution in [-0.2, 0) is 0 Å². The Kier molecular flexibility index (Phi) is 3.02. The predicted molar refractivity (Wildman–Crippen MR) is 32.4 cm³/mol. The minimum Gasteiger partial charge on any atom is -0.401 e. The highest BCUT2D eigenvalue weighted by molar-refractivity contribution is 5.53. The summed E-state index contributed by atoms with van der Waals surface area (Å²) in [4.78, 5) is 3.82. The molecule has 0 aromatic rings. The van der Waals surface area contributed by atoms with E-state index >= 15 is 0 Å². The molecule has 0 rings (SSSR count). The first-order valence-corrected chi connectivity index (χ1v) is 2.15. The Hall–Kier alpha value is -0.790. The summed E-state index contributed by atoms with van der Waals surface area (Å²) in [5.74, 6) is 0. The fraction of sp³-hybridized carbons (Fsp3) is 0.400. The Bertz CT molecular complexity index is 84.1. The van der Waals surface area contributed by atoms with Crippen LogP contribution in [-0.4, -0.2) is 12.8 Å². The molecule has 0 spiro atoms. The molecule has 0 atom stereocenters. The molecule has 0 aromatic heterocycles. The first-order chi connectivity index (χ1) is 3.27. The lowest BCUT2D eigenvalue weighted by molar-refractivity contribution is 1.12. The second-order valence-electron chi connectivity index (χ2n) is 1.26. The van der Waals surface area contributed by atoms with Crippen molar-refractivity contribution in [2.75, 3.05) is 6.54 Å². The van der Waals surface area contributed by atoms with Crippen molar-refractivity contribution in [3.8, 4) is 0 Å². The molecule has 2 N–H and O–H groups in total. The zero-order valence-electron chi connectivity index (χ0n) is 4.52. The van der Waals surface area contributed by atoms with Gasteiger partial charge in [0.25, 0.3) is 0 Å². The monoisotopic (exact) mass is 98.1 g/mol. The van der Waals surface area contributed by atoms with Crippen LogP contribution in [0.15, 0.2) is 17.3 Å². The lowest BCUT2D eigenvalue weighted by Gasteiger charge is -1.86. The topological polar surface area (TPSA) is 38.4 Å². The Morgan fingerprint density at radius 1 is 2.00 bits per heavy atom. The molecule has 0 heterocycles. The number of aliphatic imine (C=N–C) groups is 1. The van der Waals surface area contributed by atoms with E-state index in [9.17, 15) is 0 Å². The normalized spacial score (nSPS) is 9.86. The van der Waals surface area contributed by atoms with Crippen LogP contribution in [0.3, 0.4) is 0 Å². The van der Waals surface area contributed by atoms with Gasteiger partial charge in [0.2, 0.25) is 0 Å². The maximum atomic E-state index is 5.17. The Balaban J connectivity index is 3.14. The Morgan fingerprint density at radius 2 is 2.57 bits per heavy atom. The first kappa shape index (κ1) is 6.21. The van der Waals surface area contributed by atoms with Gasteiger partial charge in [0.05, 0.1) is 6.54 Å². The molecule has 0 unspecified atom stereocenters. The lowest BCUT2D eigenvalue weighted by atomic mass is 10.5. The van der Waals surface area contributed by atoms with Crippen molar-refractivity contribution >= 4 is 6.21 Å². The number of hydrogen-bond donors (Lipinski definition) is 1. The third-order valence-electron chi connectivity index (χ3n) is 0.477. The highest BCUT2D eigenvalue weighted by Crippen LogP contribution is 1.74. The average molecular weight is 98.1 g/mol. The molecule has 0 aliphatic carbocycles. The van der Waals surface area contributed by atoms with Crippen molar-refractivity contribution in [2.24, 2.45) is 10.7 Å². The quantitative estimate of drug-likeness (QED) is 0.503. The van der Waals surface area contributed by atoms with E-state index in [1.165, 1.54) is 0 Å². The molecule has 0 aliphatic rings. The maximum absolute atomic E-state index is 5.17. The van der Waals surface area contributed by atoms with E-state index in [0.717, 1.165) is 0 Å². The van der Waals surface area contributed by atoms with Crippen molar-refractivity contribution in [3.63, 3.8) is 0 Å². The van der Waals surface area contributed by atoms with Crippen molar-refractivity contribution in [1.29, 1.82) is 0 Å². The second kappa shape index (κ2) is 3.40. The highest BCUT2D eigenvalue weighted by Gasteiger charge is 1.74. The van der Waals surface area contributed by atoms with Gasteiger partial charge in [-0.3, -0.25) is 4.99 Å². The van der Waals surface area contributed by atoms with E-state index < -0.39 is 0 Å². The second-order valence-corrected chi connectivity index (χ2v) is 1.26. The maximum Gasteiger partial charge on any atom is 0.0774 e. The third kappa shape index (κ3) is 5.21. The summed E-state index contributed by atoms with van der Waals surface area (Å²) >= 11 is 0. The molecule has 0 fully saturated rings. The molecule has 2 heteroatoms. The summed E-state index contributed by atoms with van der Waals surface area (Å²) in [6.45, 7) is 5.86. The van der Waals surface area contributed by atoms with Crippen LogP contribution in [0.1, 0.15) is 6.92 Å². The van der Waals surface area contributed by atoms with Gasteiger partial charge in [-0.25, -0.2) is 0 Å². The first-order valence-electron chi connectivity index (χ1n) is 2.15. The summed E-state index contributed by atoms with van der Waals surface area (Å²) in [5, 5.41) is 0. The van der Waals surface area contributed by atoms with Crippen LogP contribution >= 0.6 is 0 Å². The van der Waals surface area contributed by atoms with E-state index in [1.54, 1.807) is 6.21 Å². The average Bonchev–Trinajstić information content (AvgIpc) is 1.61. The summed E-state index contributed by atoms with van der Waals surface area (Å²) in [6, 6.07) is 0. The van der Waals surface area contributed by atoms with Gasteiger partial charge in [-0.2, -0.15) is 0 Å². The van der Waals surface area contributed by atoms with Gasteiger partial charge in [-0.05, 0) is 13.1 Å². The van der Waals surface area contributed by atoms with Crippen LogP contribution in [0.4, 0.5) is 0 Å². The fourth-order valence-corrected chi connectivity index (χ4v) is 0.209. The standard InChI is InChI=1S/C5H10N2/c1-3-7-4-5(2)6/h3H,2,4,6H2,1H3. The Morgan fingerprint density at radius 3 is 2.71 bits per heavy atom. The predicted octanol–water partition coefficient (Wildman–Crippen LogP) is 0.550. The molecule has 0 aliphatic heterocycles. The number of rotatable bonds is 2. The zero-order chi connectivity index (χ0) is 5.70. The minimum absolute atomic E-state index is 0.552. The van der Waals surface area contributed by atoms with Crippen LogP contribution in [0.5, 0.6) is 0 Å².